The summed E-state index contributed by atoms with van der Waals surface area (Å²) in [7, 11) is -3.69. The Labute approximate surface area is 115 Å². The van der Waals surface area contributed by atoms with Crippen LogP contribution >= 0.6 is 0 Å². The third-order valence-corrected chi connectivity index (χ3v) is 4.99. The van der Waals surface area contributed by atoms with E-state index in [4.69, 9.17) is 9.92 Å². The lowest BCUT2D eigenvalue weighted by atomic mass is 9.90. The molecule has 0 saturated heterocycles. The van der Waals surface area contributed by atoms with Gasteiger partial charge in [0.15, 0.2) is 0 Å². The van der Waals surface area contributed by atoms with Crippen LogP contribution in [-0.2, 0) is 20.7 Å². The summed E-state index contributed by atoms with van der Waals surface area (Å²) in [6.45, 7) is 1.91. The number of benzene rings is 1. The van der Waals surface area contributed by atoms with Gasteiger partial charge in [-0.25, -0.2) is 0 Å². The van der Waals surface area contributed by atoms with Gasteiger partial charge in [0, 0.05) is 0 Å². The minimum Gasteiger partial charge on any atom is -0.313 e. The number of aryl methyl sites for hydroxylation is 1. The van der Waals surface area contributed by atoms with Crippen LogP contribution < -0.4 is 5.73 Å². The van der Waals surface area contributed by atoms with Crippen LogP contribution in [0.5, 0.6) is 0 Å². The van der Waals surface area contributed by atoms with E-state index in [-0.39, 0.29) is 6.10 Å². The lowest BCUT2D eigenvalue weighted by Crippen LogP contribution is -2.33. The fraction of sp³-hybridized carbons (Fsp3) is 0.571. The second kappa shape index (κ2) is 6.03. The van der Waals surface area contributed by atoms with Gasteiger partial charge in [0.05, 0.1) is 0 Å². The SMILES string of the molecule is CCCC(N)S(=O)(=O)OC1CCCc2ccccc21. The summed E-state index contributed by atoms with van der Waals surface area (Å²) in [4.78, 5) is 0. The molecule has 0 heterocycles. The first kappa shape index (κ1) is 14.5. The molecule has 1 aromatic rings. The Hall–Kier alpha value is -0.910. The van der Waals surface area contributed by atoms with Gasteiger partial charge in [-0.1, -0.05) is 37.6 Å². The monoisotopic (exact) mass is 283 g/mol. The maximum atomic E-state index is 12.1. The molecule has 1 aromatic carbocycles. The normalized spacial score (nSPS) is 20.8. The molecule has 106 valence electrons. The molecule has 2 rings (SSSR count). The molecule has 1 aliphatic carbocycles. The van der Waals surface area contributed by atoms with E-state index in [0.29, 0.717) is 6.42 Å². The van der Waals surface area contributed by atoms with E-state index in [9.17, 15) is 8.42 Å². The first-order valence-electron chi connectivity index (χ1n) is 6.80. The van der Waals surface area contributed by atoms with Crippen molar-refractivity contribution in [2.75, 3.05) is 0 Å². The molecule has 0 radical (unpaired) electrons. The van der Waals surface area contributed by atoms with Crippen LogP contribution in [0.2, 0.25) is 0 Å². The molecule has 2 N–H and O–H groups in total. The maximum Gasteiger partial charge on any atom is 0.283 e. The zero-order valence-electron chi connectivity index (χ0n) is 11.2. The van der Waals surface area contributed by atoms with E-state index in [1.165, 1.54) is 5.56 Å². The smallest absolute Gasteiger partial charge is 0.283 e. The molecular weight excluding hydrogens is 262 g/mol. The van der Waals surface area contributed by atoms with Crippen LogP contribution in [0.3, 0.4) is 0 Å². The fourth-order valence-corrected chi connectivity index (χ4v) is 3.66. The molecule has 19 heavy (non-hydrogen) atoms. The molecular formula is C14H21NO3S. The number of fused-ring (bicyclic) bond motifs is 1. The molecule has 0 spiro atoms. The molecule has 0 aromatic heterocycles. The zero-order chi connectivity index (χ0) is 13.9. The summed E-state index contributed by atoms with van der Waals surface area (Å²) in [5.41, 5.74) is 7.85. The molecule has 0 aliphatic heterocycles. The lowest BCUT2D eigenvalue weighted by molar-refractivity contribution is 0.187. The first-order chi connectivity index (χ1) is 9.04. The van der Waals surface area contributed by atoms with Crippen molar-refractivity contribution in [2.24, 2.45) is 5.73 Å². The molecule has 0 bridgehead atoms. The lowest BCUT2D eigenvalue weighted by Gasteiger charge is -2.26. The van der Waals surface area contributed by atoms with Crippen molar-refractivity contribution in [2.45, 2.75) is 50.5 Å². The topological polar surface area (TPSA) is 69.4 Å². The Morgan fingerprint density at radius 3 is 2.89 bits per heavy atom. The van der Waals surface area contributed by atoms with Gasteiger partial charge in [0.25, 0.3) is 10.1 Å². The summed E-state index contributed by atoms with van der Waals surface area (Å²) in [6, 6.07) is 7.86. The van der Waals surface area contributed by atoms with E-state index >= 15 is 0 Å². The minimum atomic E-state index is -3.69. The fourth-order valence-electron chi connectivity index (χ4n) is 2.47. The Kier molecular flexibility index (Phi) is 4.60. The average Bonchev–Trinajstić information content (AvgIpc) is 2.39. The Morgan fingerprint density at radius 2 is 2.16 bits per heavy atom. The zero-order valence-corrected chi connectivity index (χ0v) is 12.0. The summed E-state index contributed by atoms with van der Waals surface area (Å²) < 4.78 is 29.5. The molecule has 4 nitrogen and oxygen atoms in total. The van der Waals surface area contributed by atoms with Crippen LogP contribution in [0.15, 0.2) is 24.3 Å². The van der Waals surface area contributed by atoms with Crippen LogP contribution in [0.4, 0.5) is 0 Å². The Morgan fingerprint density at radius 1 is 1.42 bits per heavy atom. The van der Waals surface area contributed by atoms with Crippen LogP contribution in [0.1, 0.15) is 49.8 Å². The number of rotatable bonds is 5. The van der Waals surface area contributed by atoms with Crippen LogP contribution in [0.25, 0.3) is 0 Å². The summed E-state index contributed by atoms with van der Waals surface area (Å²) in [5.74, 6) is 0. The molecule has 2 atom stereocenters. The summed E-state index contributed by atoms with van der Waals surface area (Å²) in [6.07, 6.45) is 3.44. The highest BCUT2D eigenvalue weighted by atomic mass is 32.2. The van der Waals surface area contributed by atoms with Gasteiger partial charge in [-0.05, 0) is 36.8 Å². The predicted octanol–water partition coefficient (Wildman–Crippen LogP) is 2.50. The molecule has 1 aliphatic rings. The second-order valence-electron chi connectivity index (χ2n) is 5.00. The van der Waals surface area contributed by atoms with Gasteiger partial charge in [0.1, 0.15) is 11.5 Å². The van der Waals surface area contributed by atoms with Crippen molar-refractivity contribution in [3.8, 4) is 0 Å². The highest BCUT2D eigenvalue weighted by molar-refractivity contribution is 7.87. The summed E-state index contributed by atoms with van der Waals surface area (Å²) >= 11 is 0. The van der Waals surface area contributed by atoms with E-state index < -0.39 is 15.5 Å². The van der Waals surface area contributed by atoms with E-state index in [1.807, 2.05) is 31.2 Å². The molecule has 0 fully saturated rings. The van der Waals surface area contributed by atoms with Crippen LogP contribution in [-0.4, -0.2) is 13.8 Å². The van der Waals surface area contributed by atoms with Gasteiger partial charge in [-0.2, -0.15) is 8.42 Å². The minimum absolute atomic E-state index is 0.377. The maximum absolute atomic E-state index is 12.1. The van der Waals surface area contributed by atoms with Crippen molar-refractivity contribution in [1.82, 2.24) is 0 Å². The van der Waals surface area contributed by atoms with Gasteiger partial charge in [-0.3, -0.25) is 4.18 Å². The van der Waals surface area contributed by atoms with Crippen molar-refractivity contribution in [3.63, 3.8) is 0 Å². The number of hydrogen-bond donors (Lipinski definition) is 1. The van der Waals surface area contributed by atoms with Crippen LogP contribution in [0, 0.1) is 0 Å². The predicted molar refractivity (Wildman–Crippen MR) is 75.0 cm³/mol. The highest BCUT2D eigenvalue weighted by Gasteiger charge is 2.29. The Bertz CT molecular complexity index is 527. The van der Waals surface area contributed by atoms with Gasteiger partial charge < -0.3 is 5.73 Å². The Balaban J connectivity index is 2.17. The molecule has 0 saturated carbocycles. The van der Waals surface area contributed by atoms with Gasteiger partial charge >= 0.3 is 0 Å². The second-order valence-corrected chi connectivity index (χ2v) is 6.78. The standard InChI is InChI=1S/C14H21NO3S/c1-2-6-14(15)19(16,17)18-13-10-5-8-11-7-3-4-9-12(11)13/h3-4,7,9,13-14H,2,5-6,8,10,15H2,1H3. The number of nitrogens with two attached hydrogens (primary N) is 1. The molecule has 2 unspecified atom stereocenters. The van der Waals surface area contributed by atoms with E-state index in [1.54, 1.807) is 0 Å². The first-order valence-corrected chi connectivity index (χ1v) is 8.27. The highest BCUT2D eigenvalue weighted by Crippen LogP contribution is 2.34. The van der Waals surface area contributed by atoms with Crippen molar-refractivity contribution < 1.29 is 12.6 Å². The average molecular weight is 283 g/mol. The third kappa shape index (κ3) is 3.35. The van der Waals surface area contributed by atoms with Crippen molar-refractivity contribution in [3.05, 3.63) is 35.4 Å². The summed E-state index contributed by atoms with van der Waals surface area (Å²) in [5, 5.41) is -0.924. The van der Waals surface area contributed by atoms with Gasteiger partial charge in [-0.15, -0.1) is 0 Å². The van der Waals surface area contributed by atoms with Crippen molar-refractivity contribution >= 4 is 10.1 Å². The van der Waals surface area contributed by atoms with E-state index in [0.717, 1.165) is 31.2 Å². The third-order valence-electron chi connectivity index (χ3n) is 3.51. The van der Waals surface area contributed by atoms with Crippen molar-refractivity contribution in [1.29, 1.82) is 0 Å². The molecule has 5 heteroatoms. The number of hydrogen-bond acceptors (Lipinski definition) is 4. The quantitative estimate of drug-likeness (QED) is 0.843. The molecule has 0 amide bonds. The van der Waals surface area contributed by atoms with E-state index in [2.05, 4.69) is 0 Å². The largest absolute Gasteiger partial charge is 0.313 e. The van der Waals surface area contributed by atoms with Gasteiger partial charge in [0.2, 0.25) is 0 Å².